The van der Waals surface area contributed by atoms with Gasteiger partial charge >= 0.3 is 0 Å². The molecule has 168 valence electrons. The van der Waals surface area contributed by atoms with Crippen LogP contribution in [0.15, 0.2) is 53.4 Å². The molecule has 0 atom stereocenters. The molecule has 1 aliphatic carbocycles. The second-order valence-electron chi connectivity index (χ2n) is 8.10. The Labute approximate surface area is 184 Å². The Bertz CT molecular complexity index is 998. The van der Waals surface area contributed by atoms with E-state index in [1.165, 1.54) is 12.1 Å². The lowest BCUT2D eigenvalue weighted by molar-refractivity contribution is 0.0900. The molecule has 3 rings (SSSR count). The Morgan fingerprint density at radius 1 is 1.10 bits per heavy atom. The van der Waals surface area contributed by atoms with E-state index in [2.05, 4.69) is 14.9 Å². The summed E-state index contributed by atoms with van der Waals surface area (Å²) in [5.74, 6) is 0.396. The van der Waals surface area contributed by atoms with E-state index in [0.717, 1.165) is 25.7 Å². The number of amides is 1. The molecule has 8 heteroatoms. The third-order valence-electron chi connectivity index (χ3n) is 5.88. The van der Waals surface area contributed by atoms with E-state index in [4.69, 9.17) is 4.74 Å². The molecule has 2 aromatic carbocycles. The van der Waals surface area contributed by atoms with Gasteiger partial charge in [-0.3, -0.25) is 9.52 Å². The molecule has 0 bridgehead atoms. The first-order valence-corrected chi connectivity index (χ1v) is 12.1. The largest absolute Gasteiger partial charge is 0.494 e. The fourth-order valence-corrected chi connectivity index (χ4v) is 5.03. The molecular weight excluding hydrogens is 414 g/mol. The normalized spacial score (nSPS) is 15.6. The third-order valence-corrected chi connectivity index (χ3v) is 7.28. The number of rotatable bonds is 9. The van der Waals surface area contributed by atoms with Gasteiger partial charge in [0.25, 0.3) is 15.9 Å². The minimum absolute atomic E-state index is 0.0114. The van der Waals surface area contributed by atoms with Crippen molar-refractivity contribution in [3.8, 4) is 5.75 Å². The quantitative estimate of drug-likeness (QED) is 0.617. The predicted octanol–water partition coefficient (Wildman–Crippen LogP) is 3.49. The van der Waals surface area contributed by atoms with Gasteiger partial charge in [0.05, 0.1) is 11.5 Å². The molecule has 0 unspecified atom stereocenters. The molecule has 1 saturated carbocycles. The smallest absolute Gasteiger partial charge is 0.261 e. The van der Waals surface area contributed by atoms with Crippen LogP contribution in [0.4, 0.5) is 5.69 Å². The van der Waals surface area contributed by atoms with Crippen LogP contribution in [-0.2, 0) is 10.0 Å². The monoisotopic (exact) mass is 445 g/mol. The minimum atomic E-state index is -3.78. The van der Waals surface area contributed by atoms with E-state index in [0.29, 0.717) is 30.2 Å². The third kappa shape index (κ3) is 5.57. The molecule has 2 N–H and O–H groups in total. The maximum absolute atomic E-state index is 12.7. The first-order chi connectivity index (χ1) is 14.8. The standard InChI is InChI=1S/C23H31N3O4S/c1-4-30-20-10-12-21(13-11-20)31(28,29)25-19-9-7-8-18(16-19)22(27)24-17-23(26(2)3)14-5-6-15-23/h7-13,16,25H,4-6,14-15,17H2,1-3H3,(H,24,27). The zero-order valence-corrected chi connectivity index (χ0v) is 19.2. The van der Waals surface area contributed by atoms with Gasteiger partial charge in [-0.15, -0.1) is 0 Å². The van der Waals surface area contributed by atoms with Crippen molar-refractivity contribution in [1.29, 1.82) is 0 Å². The van der Waals surface area contributed by atoms with Crippen LogP contribution in [0, 0.1) is 0 Å². The second kappa shape index (κ2) is 9.70. The van der Waals surface area contributed by atoms with Gasteiger partial charge in [-0.05, 0) is 76.3 Å². The van der Waals surface area contributed by atoms with Crippen LogP contribution in [0.2, 0.25) is 0 Å². The van der Waals surface area contributed by atoms with E-state index in [1.807, 2.05) is 21.0 Å². The lowest BCUT2D eigenvalue weighted by Crippen LogP contribution is -2.50. The molecule has 2 aromatic rings. The Hall–Kier alpha value is -2.58. The van der Waals surface area contributed by atoms with E-state index < -0.39 is 10.0 Å². The van der Waals surface area contributed by atoms with E-state index in [-0.39, 0.29) is 16.3 Å². The number of nitrogens with zero attached hydrogens (tertiary/aromatic N) is 1. The van der Waals surface area contributed by atoms with Crippen molar-refractivity contribution in [2.24, 2.45) is 0 Å². The van der Waals surface area contributed by atoms with Gasteiger partial charge in [0.15, 0.2) is 0 Å². The van der Waals surface area contributed by atoms with Crippen LogP contribution in [0.3, 0.4) is 0 Å². The number of carbonyl (C=O) groups excluding carboxylic acids is 1. The number of hydrogen-bond donors (Lipinski definition) is 2. The zero-order valence-electron chi connectivity index (χ0n) is 18.3. The Balaban J connectivity index is 1.68. The summed E-state index contributed by atoms with van der Waals surface area (Å²) in [4.78, 5) is 15.1. The average Bonchev–Trinajstić information content (AvgIpc) is 3.23. The SMILES string of the molecule is CCOc1ccc(S(=O)(=O)Nc2cccc(C(=O)NCC3(N(C)C)CCCC3)c2)cc1. The molecule has 0 radical (unpaired) electrons. The zero-order chi connectivity index (χ0) is 22.5. The number of carbonyl (C=O) groups is 1. The van der Waals surface area contributed by atoms with Gasteiger partial charge < -0.3 is 15.0 Å². The van der Waals surface area contributed by atoms with E-state index >= 15 is 0 Å². The maximum Gasteiger partial charge on any atom is 0.261 e. The summed E-state index contributed by atoms with van der Waals surface area (Å²) in [6.07, 6.45) is 4.44. The molecule has 0 aliphatic heterocycles. The maximum atomic E-state index is 12.7. The van der Waals surface area contributed by atoms with E-state index in [9.17, 15) is 13.2 Å². The second-order valence-corrected chi connectivity index (χ2v) is 9.78. The molecule has 0 spiro atoms. The summed E-state index contributed by atoms with van der Waals surface area (Å²) in [5.41, 5.74) is 0.742. The lowest BCUT2D eigenvalue weighted by Gasteiger charge is -2.36. The Morgan fingerprint density at radius 3 is 2.39 bits per heavy atom. The van der Waals surface area contributed by atoms with Crippen molar-refractivity contribution >= 4 is 21.6 Å². The van der Waals surface area contributed by atoms with Gasteiger partial charge in [-0.2, -0.15) is 0 Å². The number of anilines is 1. The summed E-state index contributed by atoms with van der Waals surface area (Å²) < 4.78 is 33.3. The number of likely N-dealkylation sites (N-methyl/N-ethyl adjacent to an activating group) is 1. The van der Waals surface area contributed by atoms with Gasteiger partial charge in [0.1, 0.15) is 5.75 Å². The summed E-state index contributed by atoms with van der Waals surface area (Å²) in [5, 5.41) is 3.03. The van der Waals surface area contributed by atoms with Gasteiger partial charge in [0.2, 0.25) is 0 Å². The first kappa shape index (κ1) is 23.1. The van der Waals surface area contributed by atoms with Crippen LogP contribution < -0.4 is 14.8 Å². The first-order valence-electron chi connectivity index (χ1n) is 10.6. The lowest BCUT2D eigenvalue weighted by atomic mass is 9.96. The molecule has 1 amide bonds. The van der Waals surface area contributed by atoms with Crippen molar-refractivity contribution in [2.45, 2.75) is 43.0 Å². The molecular formula is C23H31N3O4S. The Kier molecular flexibility index (Phi) is 7.23. The summed E-state index contributed by atoms with van der Waals surface area (Å²) >= 11 is 0. The number of benzene rings is 2. The molecule has 0 saturated heterocycles. The van der Waals surface area contributed by atoms with Crippen LogP contribution in [0.1, 0.15) is 43.0 Å². The average molecular weight is 446 g/mol. The molecule has 1 aliphatic rings. The molecule has 0 aromatic heterocycles. The van der Waals surface area contributed by atoms with Crippen LogP contribution in [-0.4, -0.2) is 52.0 Å². The minimum Gasteiger partial charge on any atom is -0.494 e. The number of ether oxygens (including phenoxy) is 1. The number of hydrogen-bond acceptors (Lipinski definition) is 5. The van der Waals surface area contributed by atoms with E-state index in [1.54, 1.807) is 36.4 Å². The molecule has 7 nitrogen and oxygen atoms in total. The highest BCUT2D eigenvalue weighted by molar-refractivity contribution is 7.92. The highest BCUT2D eigenvalue weighted by Crippen LogP contribution is 2.33. The van der Waals surface area contributed by atoms with Gasteiger partial charge in [-0.25, -0.2) is 8.42 Å². The van der Waals surface area contributed by atoms with Crippen LogP contribution in [0.5, 0.6) is 5.75 Å². The summed E-state index contributed by atoms with van der Waals surface area (Å²) in [6.45, 7) is 2.94. The fourth-order valence-electron chi connectivity index (χ4n) is 3.98. The van der Waals surface area contributed by atoms with Crippen molar-refractivity contribution in [3.05, 3.63) is 54.1 Å². The fraction of sp³-hybridized carbons (Fsp3) is 0.435. The topological polar surface area (TPSA) is 87.7 Å². The summed E-state index contributed by atoms with van der Waals surface area (Å²) in [7, 11) is 0.321. The van der Waals surface area contributed by atoms with Crippen molar-refractivity contribution in [1.82, 2.24) is 10.2 Å². The highest BCUT2D eigenvalue weighted by atomic mass is 32.2. The molecule has 31 heavy (non-hydrogen) atoms. The summed E-state index contributed by atoms with van der Waals surface area (Å²) in [6, 6.07) is 12.7. The van der Waals surface area contributed by atoms with Crippen molar-refractivity contribution in [2.75, 3.05) is 32.0 Å². The predicted molar refractivity (Wildman–Crippen MR) is 122 cm³/mol. The van der Waals surface area contributed by atoms with Crippen molar-refractivity contribution in [3.63, 3.8) is 0 Å². The number of sulfonamides is 1. The molecule has 1 fully saturated rings. The van der Waals surface area contributed by atoms with Gasteiger partial charge in [-0.1, -0.05) is 18.9 Å². The molecule has 0 heterocycles. The highest BCUT2D eigenvalue weighted by Gasteiger charge is 2.36. The Morgan fingerprint density at radius 2 is 1.77 bits per heavy atom. The van der Waals surface area contributed by atoms with Gasteiger partial charge in [0, 0.05) is 23.3 Å². The van der Waals surface area contributed by atoms with Crippen LogP contribution >= 0.6 is 0 Å². The van der Waals surface area contributed by atoms with Crippen LogP contribution in [0.25, 0.3) is 0 Å². The number of nitrogens with one attached hydrogen (secondary N) is 2. The van der Waals surface area contributed by atoms with Crippen molar-refractivity contribution < 1.29 is 17.9 Å².